The van der Waals surface area contributed by atoms with Crippen molar-refractivity contribution in [1.29, 1.82) is 0 Å². The summed E-state index contributed by atoms with van der Waals surface area (Å²) in [6.45, 7) is 0.0952. The quantitative estimate of drug-likeness (QED) is 0.516. The number of carbonyl (C=O) groups is 2. The van der Waals surface area contributed by atoms with Gasteiger partial charge in [0, 0.05) is 41.3 Å². The third kappa shape index (κ3) is 5.46. The number of carboxylic acids is 1. The maximum atomic E-state index is 11.4. The SMILES string of the molecule is O=C(NCCC(O)C(=O)O)NC1CCS(=O)CC1. The standard InChI is InChI=1S/C10H18N2O5S/c13-8(9(14)15)1-4-11-10(16)12-7-2-5-18(17)6-3-7/h7-8,13H,1-6H2,(H,14,15)(H2,11,12,16). The molecule has 0 radical (unpaired) electrons. The van der Waals surface area contributed by atoms with Gasteiger partial charge in [-0.3, -0.25) is 4.21 Å². The summed E-state index contributed by atoms with van der Waals surface area (Å²) in [4.78, 5) is 21.7. The van der Waals surface area contributed by atoms with Crippen LogP contribution in [0, 0.1) is 0 Å². The van der Waals surface area contributed by atoms with Crippen molar-refractivity contribution >= 4 is 22.8 Å². The summed E-state index contributed by atoms with van der Waals surface area (Å²) < 4.78 is 11.1. The van der Waals surface area contributed by atoms with Gasteiger partial charge in [0.05, 0.1) is 0 Å². The molecule has 104 valence electrons. The molecular weight excluding hydrogens is 260 g/mol. The zero-order valence-electron chi connectivity index (χ0n) is 9.92. The zero-order chi connectivity index (χ0) is 13.5. The number of carboxylic acid groups (broad SMARTS) is 1. The normalized spacial score (nSPS) is 25.2. The van der Waals surface area contributed by atoms with Crippen LogP contribution in [0.4, 0.5) is 4.79 Å². The van der Waals surface area contributed by atoms with Crippen LogP contribution in [0.3, 0.4) is 0 Å². The minimum atomic E-state index is -1.46. The molecule has 18 heavy (non-hydrogen) atoms. The van der Waals surface area contributed by atoms with Crippen LogP contribution in [0.5, 0.6) is 0 Å². The van der Waals surface area contributed by atoms with Crippen molar-refractivity contribution in [2.75, 3.05) is 18.1 Å². The second-order valence-electron chi connectivity index (χ2n) is 4.17. The average Bonchev–Trinajstić information content (AvgIpc) is 2.32. The second kappa shape index (κ2) is 7.32. The highest BCUT2D eigenvalue weighted by Gasteiger charge is 2.19. The van der Waals surface area contributed by atoms with Crippen LogP contribution in [-0.2, 0) is 15.6 Å². The Labute approximate surface area is 107 Å². The van der Waals surface area contributed by atoms with Gasteiger partial charge < -0.3 is 20.8 Å². The Morgan fingerprint density at radius 2 is 1.94 bits per heavy atom. The molecule has 0 aliphatic carbocycles. The molecule has 1 rings (SSSR count). The Morgan fingerprint density at radius 1 is 1.33 bits per heavy atom. The van der Waals surface area contributed by atoms with E-state index in [1.165, 1.54) is 0 Å². The summed E-state index contributed by atoms with van der Waals surface area (Å²) in [5, 5.41) is 22.6. The second-order valence-corrected chi connectivity index (χ2v) is 5.86. The van der Waals surface area contributed by atoms with Gasteiger partial charge in [0.25, 0.3) is 0 Å². The van der Waals surface area contributed by atoms with E-state index in [4.69, 9.17) is 10.2 Å². The predicted molar refractivity (Wildman–Crippen MR) is 65.7 cm³/mol. The first-order chi connectivity index (χ1) is 8.49. The lowest BCUT2D eigenvalue weighted by Crippen LogP contribution is -2.45. The topological polar surface area (TPSA) is 116 Å². The van der Waals surface area contributed by atoms with E-state index in [0.29, 0.717) is 24.3 Å². The monoisotopic (exact) mass is 278 g/mol. The molecule has 1 saturated heterocycles. The highest BCUT2D eigenvalue weighted by Crippen LogP contribution is 2.08. The van der Waals surface area contributed by atoms with E-state index in [2.05, 4.69) is 10.6 Å². The van der Waals surface area contributed by atoms with Crippen molar-refractivity contribution < 1.29 is 24.0 Å². The van der Waals surface area contributed by atoms with E-state index in [0.717, 1.165) is 0 Å². The fraction of sp³-hybridized carbons (Fsp3) is 0.800. The number of aliphatic hydroxyl groups is 1. The molecule has 1 heterocycles. The van der Waals surface area contributed by atoms with E-state index in [1.807, 2.05) is 0 Å². The molecule has 4 N–H and O–H groups in total. The van der Waals surface area contributed by atoms with E-state index < -0.39 is 22.9 Å². The van der Waals surface area contributed by atoms with Crippen LogP contribution in [0.15, 0.2) is 0 Å². The molecule has 0 saturated carbocycles. The minimum Gasteiger partial charge on any atom is -0.479 e. The van der Waals surface area contributed by atoms with Gasteiger partial charge in [-0.1, -0.05) is 0 Å². The van der Waals surface area contributed by atoms with Gasteiger partial charge in [-0.2, -0.15) is 0 Å². The Balaban J connectivity index is 2.14. The Morgan fingerprint density at radius 3 is 2.50 bits per heavy atom. The van der Waals surface area contributed by atoms with Gasteiger partial charge in [-0.25, -0.2) is 9.59 Å². The van der Waals surface area contributed by atoms with Crippen molar-refractivity contribution in [2.24, 2.45) is 0 Å². The Kier molecular flexibility index (Phi) is 6.06. The van der Waals surface area contributed by atoms with Crippen LogP contribution >= 0.6 is 0 Å². The van der Waals surface area contributed by atoms with Crippen LogP contribution in [0.1, 0.15) is 19.3 Å². The lowest BCUT2D eigenvalue weighted by Gasteiger charge is -2.22. The number of aliphatic carboxylic acids is 1. The molecule has 8 heteroatoms. The first kappa shape index (κ1) is 14.9. The number of hydrogen-bond donors (Lipinski definition) is 4. The molecule has 0 aromatic rings. The van der Waals surface area contributed by atoms with Gasteiger partial charge in [-0.15, -0.1) is 0 Å². The molecule has 7 nitrogen and oxygen atoms in total. The molecule has 1 atom stereocenters. The molecule has 2 amide bonds. The number of amides is 2. The summed E-state index contributed by atoms with van der Waals surface area (Å²) in [7, 11) is -0.763. The molecule has 0 bridgehead atoms. The summed E-state index contributed by atoms with van der Waals surface area (Å²) in [6.07, 6.45) is -0.102. The number of urea groups is 1. The van der Waals surface area contributed by atoms with Crippen LogP contribution in [-0.4, -0.2) is 56.6 Å². The molecule has 0 spiro atoms. The molecule has 1 aliphatic rings. The molecule has 0 aromatic heterocycles. The van der Waals surface area contributed by atoms with Crippen LogP contribution in [0.25, 0.3) is 0 Å². The third-order valence-electron chi connectivity index (χ3n) is 2.71. The summed E-state index contributed by atoms with van der Waals surface area (Å²) >= 11 is 0. The number of hydrogen-bond acceptors (Lipinski definition) is 4. The van der Waals surface area contributed by atoms with Crippen molar-refractivity contribution in [2.45, 2.75) is 31.4 Å². The van der Waals surface area contributed by atoms with Crippen molar-refractivity contribution in [1.82, 2.24) is 10.6 Å². The lowest BCUT2D eigenvalue weighted by atomic mass is 10.2. The fourth-order valence-electron chi connectivity index (χ4n) is 1.62. The summed E-state index contributed by atoms with van der Waals surface area (Å²) in [6, 6.07) is -0.364. The number of nitrogens with one attached hydrogen (secondary N) is 2. The van der Waals surface area contributed by atoms with Crippen molar-refractivity contribution in [3.63, 3.8) is 0 Å². The first-order valence-corrected chi connectivity index (χ1v) is 7.28. The van der Waals surface area contributed by atoms with Gasteiger partial charge in [0.15, 0.2) is 6.10 Å². The van der Waals surface area contributed by atoms with Gasteiger partial charge in [0.1, 0.15) is 0 Å². The summed E-state index contributed by atoms with van der Waals surface area (Å²) in [5.74, 6) is -0.0994. The van der Waals surface area contributed by atoms with Crippen molar-refractivity contribution in [3.8, 4) is 0 Å². The van der Waals surface area contributed by atoms with E-state index in [9.17, 15) is 13.8 Å². The summed E-state index contributed by atoms with van der Waals surface area (Å²) in [5.41, 5.74) is 0. The number of aliphatic hydroxyl groups excluding tert-OH is 1. The third-order valence-corrected chi connectivity index (χ3v) is 4.09. The smallest absolute Gasteiger partial charge is 0.332 e. The molecule has 0 aromatic carbocycles. The Bertz CT molecular complexity index is 326. The zero-order valence-corrected chi connectivity index (χ0v) is 10.7. The van der Waals surface area contributed by atoms with Gasteiger partial charge in [0.2, 0.25) is 0 Å². The maximum Gasteiger partial charge on any atom is 0.332 e. The highest BCUT2D eigenvalue weighted by atomic mass is 32.2. The fourth-order valence-corrected chi connectivity index (χ4v) is 2.92. The molecule has 1 unspecified atom stereocenters. The first-order valence-electron chi connectivity index (χ1n) is 5.79. The Hall–Kier alpha value is -1.15. The van der Waals surface area contributed by atoms with E-state index in [-0.39, 0.29) is 25.0 Å². The largest absolute Gasteiger partial charge is 0.479 e. The number of rotatable bonds is 5. The lowest BCUT2D eigenvalue weighted by molar-refractivity contribution is -0.146. The van der Waals surface area contributed by atoms with Crippen molar-refractivity contribution in [3.05, 3.63) is 0 Å². The van der Waals surface area contributed by atoms with Gasteiger partial charge in [-0.05, 0) is 12.8 Å². The average molecular weight is 278 g/mol. The molecule has 1 aliphatic heterocycles. The highest BCUT2D eigenvalue weighted by molar-refractivity contribution is 7.85. The van der Waals surface area contributed by atoms with Crippen LogP contribution < -0.4 is 10.6 Å². The van der Waals surface area contributed by atoms with E-state index >= 15 is 0 Å². The van der Waals surface area contributed by atoms with Crippen LogP contribution in [0.2, 0.25) is 0 Å². The minimum absolute atomic E-state index is 0.0205. The van der Waals surface area contributed by atoms with E-state index in [1.54, 1.807) is 0 Å². The molecule has 1 fully saturated rings. The van der Waals surface area contributed by atoms with Gasteiger partial charge >= 0.3 is 12.0 Å². The predicted octanol–water partition coefficient (Wildman–Crippen LogP) is -0.968. The number of carbonyl (C=O) groups excluding carboxylic acids is 1. The molecular formula is C10H18N2O5S. The maximum absolute atomic E-state index is 11.4.